The van der Waals surface area contributed by atoms with Crippen LogP contribution >= 0.6 is 11.6 Å². The van der Waals surface area contributed by atoms with E-state index < -0.39 is 10.9 Å². The fourth-order valence-corrected chi connectivity index (χ4v) is 4.33. The quantitative estimate of drug-likeness (QED) is 0.105. The molecule has 186 valence electrons. The number of halogens is 1. The Balaban J connectivity index is 1.47. The van der Waals surface area contributed by atoms with E-state index in [0.29, 0.717) is 34.5 Å². The largest absolute Gasteiger partial charge is 0.497 e. The van der Waals surface area contributed by atoms with Gasteiger partial charge in [-0.05, 0) is 60.2 Å². The van der Waals surface area contributed by atoms with E-state index in [1.807, 2.05) is 36.4 Å². The molecule has 8 nitrogen and oxygen atoms in total. The zero-order chi connectivity index (χ0) is 25.9. The monoisotopic (exact) mass is 516 g/mol. The number of nitrogens with zero attached hydrogens (tertiary/aromatic N) is 2. The van der Waals surface area contributed by atoms with Crippen LogP contribution in [0.25, 0.3) is 21.8 Å². The maximum atomic E-state index is 13.2. The Labute approximate surface area is 216 Å². The van der Waals surface area contributed by atoms with Gasteiger partial charge in [-0.3, -0.25) is 10.1 Å². The Hall–Kier alpha value is -4.56. The number of ether oxygens (including phenoxy) is 2. The molecule has 0 N–H and O–H groups in total. The van der Waals surface area contributed by atoms with E-state index in [2.05, 4.69) is 0 Å². The molecule has 0 saturated carbocycles. The predicted octanol–water partition coefficient (Wildman–Crippen LogP) is 6.26. The number of esters is 1. The van der Waals surface area contributed by atoms with Crippen LogP contribution in [-0.4, -0.2) is 29.3 Å². The van der Waals surface area contributed by atoms with Gasteiger partial charge in [0.25, 0.3) is 5.69 Å². The van der Waals surface area contributed by atoms with Crippen molar-refractivity contribution in [3.05, 3.63) is 111 Å². The number of nitro groups is 1. The van der Waals surface area contributed by atoms with Crippen molar-refractivity contribution in [2.24, 2.45) is 0 Å². The van der Waals surface area contributed by atoms with Crippen molar-refractivity contribution in [1.29, 1.82) is 0 Å². The molecular formula is C28H21ClN2O6. The molecule has 5 aromatic rings. The lowest BCUT2D eigenvalue weighted by Gasteiger charge is -2.11. The summed E-state index contributed by atoms with van der Waals surface area (Å²) < 4.78 is 12.4. The third-order valence-electron chi connectivity index (χ3n) is 5.96. The first-order valence-electron chi connectivity index (χ1n) is 11.4. The summed E-state index contributed by atoms with van der Waals surface area (Å²) in [6.07, 6.45) is 0.667. The van der Waals surface area contributed by atoms with Gasteiger partial charge in [0.2, 0.25) is 0 Å². The molecule has 0 radical (unpaired) electrons. The highest BCUT2D eigenvalue weighted by Gasteiger charge is 2.20. The van der Waals surface area contributed by atoms with Crippen LogP contribution < -0.4 is 14.3 Å². The molecule has 4 aromatic carbocycles. The number of benzene rings is 4. The minimum Gasteiger partial charge on any atom is -0.497 e. The van der Waals surface area contributed by atoms with Gasteiger partial charge in [-0.1, -0.05) is 29.8 Å². The molecule has 0 atom stereocenters. The number of fused-ring (bicyclic) bond motifs is 3. The lowest BCUT2D eigenvalue weighted by atomic mass is 10.1. The van der Waals surface area contributed by atoms with Crippen LogP contribution in [0.1, 0.15) is 15.9 Å². The van der Waals surface area contributed by atoms with Crippen molar-refractivity contribution in [1.82, 2.24) is 4.73 Å². The lowest BCUT2D eigenvalue weighted by molar-refractivity contribution is -0.384. The molecule has 0 aliphatic heterocycles. The number of hydrogen-bond acceptors (Lipinski definition) is 6. The van der Waals surface area contributed by atoms with Crippen LogP contribution in [0.5, 0.6) is 11.5 Å². The third-order valence-corrected chi connectivity index (χ3v) is 6.19. The molecule has 0 unspecified atom stereocenters. The first kappa shape index (κ1) is 24.1. The van der Waals surface area contributed by atoms with Gasteiger partial charge in [0, 0.05) is 34.3 Å². The normalized spacial score (nSPS) is 11.0. The predicted molar refractivity (Wildman–Crippen MR) is 141 cm³/mol. The van der Waals surface area contributed by atoms with E-state index in [0.717, 1.165) is 22.2 Å². The van der Waals surface area contributed by atoms with Crippen molar-refractivity contribution in [3.63, 3.8) is 0 Å². The van der Waals surface area contributed by atoms with Crippen molar-refractivity contribution in [3.8, 4) is 11.5 Å². The molecular weight excluding hydrogens is 496 g/mol. The van der Waals surface area contributed by atoms with Gasteiger partial charge in [0.1, 0.15) is 18.1 Å². The summed E-state index contributed by atoms with van der Waals surface area (Å²) in [5, 5.41) is 12.8. The first-order chi connectivity index (χ1) is 17.9. The van der Waals surface area contributed by atoms with Gasteiger partial charge >= 0.3 is 5.97 Å². The fraction of sp³-hybridized carbons (Fsp3) is 0.107. The van der Waals surface area contributed by atoms with Crippen LogP contribution in [0.3, 0.4) is 0 Å². The molecule has 37 heavy (non-hydrogen) atoms. The summed E-state index contributed by atoms with van der Waals surface area (Å²) in [7, 11) is 1.63. The molecule has 0 saturated heterocycles. The van der Waals surface area contributed by atoms with Gasteiger partial charge in [-0.15, -0.1) is 0 Å². The smallest absolute Gasteiger partial charge is 0.344 e. The standard InChI is InChI=1S/C28H21ClN2O6/c1-35-21-10-5-18(6-11-21)15-16-36-30-25-14-7-19(29)17-24(25)27-23(3-2-4-26(27)30)28(32)37-22-12-8-20(9-13-22)31(33)34/h2-14,17H,15-16H2,1H3. The highest BCUT2D eigenvalue weighted by atomic mass is 35.5. The molecule has 0 fully saturated rings. The number of carbonyl (C=O) groups excluding carboxylic acids is 1. The number of aromatic nitrogens is 1. The highest BCUT2D eigenvalue weighted by Crippen LogP contribution is 2.33. The average Bonchev–Trinajstić information content (AvgIpc) is 3.22. The van der Waals surface area contributed by atoms with Gasteiger partial charge in [-0.25, -0.2) is 4.79 Å². The van der Waals surface area contributed by atoms with Gasteiger partial charge in [0.05, 0.1) is 28.6 Å². The molecule has 1 aromatic heterocycles. The number of hydrogen-bond donors (Lipinski definition) is 0. The van der Waals surface area contributed by atoms with Crippen molar-refractivity contribution < 1.29 is 24.0 Å². The Morgan fingerprint density at radius 1 is 0.946 bits per heavy atom. The van der Waals surface area contributed by atoms with E-state index in [1.54, 1.807) is 36.1 Å². The lowest BCUT2D eigenvalue weighted by Crippen LogP contribution is -2.14. The van der Waals surface area contributed by atoms with Crippen LogP contribution in [-0.2, 0) is 6.42 Å². The number of methoxy groups -OCH3 is 1. The number of rotatable bonds is 8. The first-order valence-corrected chi connectivity index (χ1v) is 11.8. The summed E-state index contributed by atoms with van der Waals surface area (Å²) in [5.74, 6) is 0.388. The summed E-state index contributed by atoms with van der Waals surface area (Å²) in [6, 6.07) is 23.8. The average molecular weight is 517 g/mol. The van der Waals surface area contributed by atoms with Crippen molar-refractivity contribution in [2.45, 2.75) is 6.42 Å². The summed E-state index contributed by atoms with van der Waals surface area (Å²) in [4.78, 5) is 29.8. The number of nitro benzene ring substituents is 1. The minimum atomic E-state index is -0.600. The summed E-state index contributed by atoms with van der Waals surface area (Å²) >= 11 is 6.31. The van der Waals surface area contributed by atoms with Crippen molar-refractivity contribution in [2.75, 3.05) is 13.7 Å². The zero-order valence-corrected chi connectivity index (χ0v) is 20.5. The second-order valence-electron chi connectivity index (χ2n) is 8.23. The van der Waals surface area contributed by atoms with E-state index >= 15 is 0 Å². The van der Waals surface area contributed by atoms with E-state index in [-0.39, 0.29) is 11.4 Å². The molecule has 0 spiro atoms. The van der Waals surface area contributed by atoms with Gasteiger partial charge in [-0.2, -0.15) is 4.73 Å². The van der Waals surface area contributed by atoms with Crippen LogP contribution in [0.4, 0.5) is 5.69 Å². The minimum absolute atomic E-state index is 0.0913. The third kappa shape index (κ3) is 4.92. The Kier molecular flexibility index (Phi) is 6.66. The van der Waals surface area contributed by atoms with Gasteiger partial charge in [0.15, 0.2) is 0 Å². The maximum absolute atomic E-state index is 13.2. The van der Waals surface area contributed by atoms with Crippen LogP contribution in [0, 0.1) is 10.1 Å². The molecule has 0 bridgehead atoms. The Morgan fingerprint density at radius 2 is 1.68 bits per heavy atom. The van der Waals surface area contributed by atoms with Crippen LogP contribution in [0.2, 0.25) is 5.02 Å². The van der Waals surface area contributed by atoms with Crippen LogP contribution in [0.15, 0.2) is 84.9 Å². The Bertz CT molecular complexity index is 1610. The zero-order valence-electron chi connectivity index (χ0n) is 19.7. The molecule has 9 heteroatoms. The Morgan fingerprint density at radius 3 is 2.38 bits per heavy atom. The highest BCUT2D eigenvalue weighted by molar-refractivity contribution is 6.32. The van der Waals surface area contributed by atoms with Gasteiger partial charge < -0.3 is 14.3 Å². The number of carbonyl (C=O) groups is 1. The number of non-ortho nitro benzene ring substituents is 1. The van der Waals surface area contributed by atoms with E-state index in [1.165, 1.54) is 24.3 Å². The summed E-state index contributed by atoms with van der Waals surface area (Å²) in [6.45, 7) is 0.394. The van der Waals surface area contributed by atoms with E-state index in [9.17, 15) is 14.9 Å². The molecule has 0 aliphatic rings. The topological polar surface area (TPSA) is 92.8 Å². The van der Waals surface area contributed by atoms with E-state index in [4.69, 9.17) is 25.9 Å². The molecule has 0 aliphatic carbocycles. The molecule has 0 amide bonds. The fourth-order valence-electron chi connectivity index (χ4n) is 4.16. The second kappa shape index (κ2) is 10.2. The second-order valence-corrected chi connectivity index (χ2v) is 8.66. The summed E-state index contributed by atoms with van der Waals surface area (Å²) in [5.41, 5.74) is 2.76. The molecule has 5 rings (SSSR count). The SMILES string of the molecule is COc1ccc(CCOn2c3ccc(Cl)cc3c3c(C(=O)Oc4ccc([N+](=O)[O-])cc4)cccc32)cc1. The molecule has 1 heterocycles. The maximum Gasteiger partial charge on any atom is 0.344 e. The van der Waals surface area contributed by atoms with Crippen molar-refractivity contribution >= 4 is 45.1 Å².